The molecule has 3 fully saturated rings. The SMILES string of the molecule is CC(NC(=O)C1CC12CCNCC2)c1nc(C2CCCCC2)no1.Cl. The Balaban J connectivity index is 0.00000182. The summed E-state index contributed by atoms with van der Waals surface area (Å²) in [6.45, 7) is 4.01. The first-order chi connectivity index (χ1) is 11.7. The Hall–Kier alpha value is -1.14. The molecule has 2 atom stereocenters. The molecule has 2 aliphatic carbocycles. The molecular weight excluding hydrogens is 340 g/mol. The van der Waals surface area contributed by atoms with E-state index in [4.69, 9.17) is 4.52 Å². The van der Waals surface area contributed by atoms with Gasteiger partial charge in [-0.05, 0) is 57.5 Å². The van der Waals surface area contributed by atoms with E-state index in [1.807, 2.05) is 6.92 Å². The molecule has 2 N–H and O–H groups in total. The molecule has 2 heterocycles. The normalized spacial score (nSPS) is 26.7. The molecular formula is C18H29ClN4O2. The summed E-state index contributed by atoms with van der Waals surface area (Å²) in [4.78, 5) is 17.1. The van der Waals surface area contributed by atoms with E-state index in [0.717, 1.165) is 51.0 Å². The average molecular weight is 369 g/mol. The van der Waals surface area contributed by atoms with Crippen LogP contribution in [-0.2, 0) is 4.79 Å². The molecule has 1 amide bonds. The van der Waals surface area contributed by atoms with Gasteiger partial charge in [-0.2, -0.15) is 4.98 Å². The molecule has 1 saturated heterocycles. The van der Waals surface area contributed by atoms with Gasteiger partial charge in [0, 0.05) is 11.8 Å². The lowest BCUT2D eigenvalue weighted by Gasteiger charge is -2.23. The standard InChI is InChI=1S/C18H28N4O2.ClH/c1-12(17-21-15(22-24-17)13-5-3-2-4-6-13)20-16(23)14-11-18(14)7-9-19-10-8-18;/h12-14,19H,2-11H2,1H3,(H,20,23);1H. The molecule has 1 aliphatic heterocycles. The summed E-state index contributed by atoms with van der Waals surface area (Å²) in [5.41, 5.74) is 0.261. The van der Waals surface area contributed by atoms with Gasteiger partial charge in [-0.15, -0.1) is 12.4 Å². The van der Waals surface area contributed by atoms with Crippen LogP contribution >= 0.6 is 12.4 Å². The van der Waals surface area contributed by atoms with Crippen molar-refractivity contribution >= 4 is 18.3 Å². The monoisotopic (exact) mass is 368 g/mol. The molecule has 4 rings (SSSR count). The van der Waals surface area contributed by atoms with Gasteiger partial charge in [-0.1, -0.05) is 24.4 Å². The number of amides is 1. The van der Waals surface area contributed by atoms with Crippen molar-refractivity contribution in [2.24, 2.45) is 11.3 Å². The van der Waals surface area contributed by atoms with E-state index in [2.05, 4.69) is 20.8 Å². The van der Waals surface area contributed by atoms with Gasteiger partial charge in [-0.3, -0.25) is 4.79 Å². The molecule has 1 aromatic heterocycles. The summed E-state index contributed by atoms with van der Waals surface area (Å²) >= 11 is 0. The maximum absolute atomic E-state index is 12.5. The number of piperidine rings is 1. The lowest BCUT2D eigenvalue weighted by molar-refractivity contribution is -0.124. The number of hydrogen-bond acceptors (Lipinski definition) is 5. The van der Waals surface area contributed by atoms with E-state index < -0.39 is 0 Å². The van der Waals surface area contributed by atoms with Crippen molar-refractivity contribution in [2.45, 2.75) is 70.3 Å². The van der Waals surface area contributed by atoms with E-state index in [1.54, 1.807) is 0 Å². The van der Waals surface area contributed by atoms with Crippen LogP contribution in [0.4, 0.5) is 0 Å². The Morgan fingerprint density at radius 1 is 1.28 bits per heavy atom. The van der Waals surface area contributed by atoms with Gasteiger partial charge in [0.1, 0.15) is 6.04 Å². The highest BCUT2D eigenvalue weighted by Gasteiger charge is 2.57. The first-order valence-electron chi connectivity index (χ1n) is 9.52. The number of halogens is 1. The van der Waals surface area contributed by atoms with Crippen LogP contribution in [-0.4, -0.2) is 29.1 Å². The molecule has 25 heavy (non-hydrogen) atoms. The number of nitrogens with zero attached hydrogens (tertiary/aromatic N) is 2. The van der Waals surface area contributed by atoms with Crippen molar-refractivity contribution < 1.29 is 9.32 Å². The van der Waals surface area contributed by atoms with Crippen molar-refractivity contribution in [3.8, 4) is 0 Å². The fraction of sp³-hybridized carbons (Fsp3) is 0.833. The summed E-state index contributed by atoms with van der Waals surface area (Å²) in [7, 11) is 0. The number of rotatable bonds is 4. The van der Waals surface area contributed by atoms with Crippen LogP contribution < -0.4 is 10.6 Å². The lowest BCUT2D eigenvalue weighted by atomic mass is 9.89. The summed E-state index contributed by atoms with van der Waals surface area (Å²) in [5.74, 6) is 2.13. The largest absolute Gasteiger partial charge is 0.344 e. The first kappa shape index (κ1) is 18.6. The maximum atomic E-state index is 12.5. The molecule has 1 aromatic rings. The van der Waals surface area contributed by atoms with E-state index in [-0.39, 0.29) is 35.7 Å². The minimum absolute atomic E-state index is 0. The smallest absolute Gasteiger partial charge is 0.248 e. The number of carbonyl (C=O) groups is 1. The fourth-order valence-corrected chi connectivity index (χ4v) is 4.52. The summed E-state index contributed by atoms with van der Waals surface area (Å²) < 4.78 is 5.43. The summed E-state index contributed by atoms with van der Waals surface area (Å²) in [5, 5.41) is 10.6. The van der Waals surface area contributed by atoms with Gasteiger partial charge < -0.3 is 15.2 Å². The second kappa shape index (κ2) is 7.62. The third-order valence-corrected chi connectivity index (χ3v) is 6.26. The summed E-state index contributed by atoms with van der Waals surface area (Å²) in [6.07, 6.45) is 9.38. The molecule has 0 aromatic carbocycles. The second-order valence-corrected chi connectivity index (χ2v) is 7.93. The summed E-state index contributed by atoms with van der Waals surface area (Å²) in [6, 6.07) is -0.207. The van der Waals surface area contributed by atoms with Crippen molar-refractivity contribution in [2.75, 3.05) is 13.1 Å². The van der Waals surface area contributed by atoms with Crippen molar-refractivity contribution in [3.63, 3.8) is 0 Å². The number of aromatic nitrogens is 2. The zero-order valence-electron chi connectivity index (χ0n) is 14.9. The average Bonchev–Trinajstić information content (AvgIpc) is 3.08. The minimum atomic E-state index is -0.207. The van der Waals surface area contributed by atoms with Crippen LogP contribution in [0.15, 0.2) is 4.52 Å². The van der Waals surface area contributed by atoms with Gasteiger partial charge in [0.2, 0.25) is 11.8 Å². The van der Waals surface area contributed by atoms with Crippen LogP contribution in [0.3, 0.4) is 0 Å². The molecule has 1 spiro atoms. The molecule has 0 radical (unpaired) electrons. The van der Waals surface area contributed by atoms with Crippen LogP contribution in [0.5, 0.6) is 0 Å². The maximum Gasteiger partial charge on any atom is 0.248 e. The molecule has 140 valence electrons. The Morgan fingerprint density at radius 2 is 2.00 bits per heavy atom. The van der Waals surface area contributed by atoms with Crippen LogP contribution in [0.25, 0.3) is 0 Å². The number of nitrogens with one attached hydrogen (secondary N) is 2. The molecule has 7 heteroatoms. The highest BCUT2D eigenvalue weighted by molar-refractivity contribution is 5.85. The van der Waals surface area contributed by atoms with E-state index >= 15 is 0 Å². The van der Waals surface area contributed by atoms with Gasteiger partial charge in [-0.25, -0.2) is 0 Å². The van der Waals surface area contributed by atoms with Gasteiger partial charge in [0.15, 0.2) is 5.82 Å². The van der Waals surface area contributed by atoms with E-state index in [1.165, 1.54) is 19.3 Å². The zero-order chi connectivity index (χ0) is 16.6. The van der Waals surface area contributed by atoms with Crippen LogP contribution in [0, 0.1) is 11.3 Å². The second-order valence-electron chi connectivity index (χ2n) is 7.93. The molecule has 2 saturated carbocycles. The first-order valence-corrected chi connectivity index (χ1v) is 9.52. The number of hydrogen-bond donors (Lipinski definition) is 2. The molecule has 3 aliphatic rings. The minimum Gasteiger partial charge on any atom is -0.344 e. The van der Waals surface area contributed by atoms with Crippen molar-refractivity contribution in [1.29, 1.82) is 0 Å². The quantitative estimate of drug-likeness (QED) is 0.853. The number of carbonyl (C=O) groups excluding carboxylic acids is 1. The Labute approximate surface area is 155 Å². The predicted molar refractivity (Wildman–Crippen MR) is 96.6 cm³/mol. The van der Waals surface area contributed by atoms with Gasteiger partial charge >= 0.3 is 0 Å². The topological polar surface area (TPSA) is 80.0 Å². The third-order valence-electron chi connectivity index (χ3n) is 6.26. The Kier molecular flexibility index (Phi) is 5.68. The Bertz CT molecular complexity index is 594. The van der Waals surface area contributed by atoms with Gasteiger partial charge in [0.05, 0.1) is 0 Å². The third kappa shape index (κ3) is 3.85. The van der Waals surface area contributed by atoms with Gasteiger partial charge in [0.25, 0.3) is 0 Å². The lowest BCUT2D eigenvalue weighted by Crippen LogP contribution is -2.34. The Morgan fingerprint density at radius 3 is 2.72 bits per heavy atom. The highest BCUT2D eigenvalue weighted by atomic mass is 35.5. The van der Waals surface area contributed by atoms with E-state index in [9.17, 15) is 4.79 Å². The molecule has 6 nitrogen and oxygen atoms in total. The zero-order valence-corrected chi connectivity index (χ0v) is 15.7. The molecule has 0 bridgehead atoms. The van der Waals surface area contributed by atoms with Crippen molar-refractivity contribution in [3.05, 3.63) is 11.7 Å². The van der Waals surface area contributed by atoms with E-state index in [0.29, 0.717) is 11.8 Å². The fourth-order valence-electron chi connectivity index (χ4n) is 4.52. The predicted octanol–water partition coefficient (Wildman–Crippen LogP) is 3.11. The van der Waals surface area contributed by atoms with Crippen LogP contribution in [0.2, 0.25) is 0 Å². The molecule has 2 unspecified atom stereocenters. The van der Waals surface area contributed by atoms with Crippen molar-refractivity contribution in [1.82, 2.24) is 20.8 Å². The van der Waals surface area contributed by atoms with Crippen LogP contribution in [0.1, 0.15) is 82.0 Å². The highest BCUT2D eigenvalue weighted by Crippen LogP contribution is 2.58.